The maximum absolute atomic E-state index is 5.08. The lowest BCUT2D eigenvalue weighted by Crippen LogP contribution is -2.24. The molecule has 1 N–H and O–H groups in total. The van der Waals surface area contributed by atoms with Crippen molar-refractivity contribution >= 4 is 5.69 Å². The van der Waals surface area contributed by atoms with Gasteiger partial charge in [-0.25, -0.2) is 4.98 Å². The molecule has 0 saturated heterocycles. The van der Waals surface area contributed by atoms with Crippen LogP contribution in [0.4, 0.5) is 5.69 Å². The highest BCUT2D eigenvalue weighted by molar-refractivity contribution is 5.44. The monoisotopic (exact) mass is 222 g/mol. The van der Waals surface area contributed by atoms with Crippen molar-refractivity contribution in [1.29, 1.82) is 0 Å². The van der Waals surface area contributed by atoms with Crippen molar-refractivity contribution in [3.63, 3.8) is 0 Å². The summed E-state index contributed by atoms with van der Waals surface area (Å²) in [7, 11) is 1.63. The van der Waals surface area contributed by atoms with Crippen LogP contribution in [0, 0.1) is 11.3 Å². The molecule has 1 heterocycles. The first kappa shape index (κ1) is 12.8. The Hall–Kier alpha value is -1.25. The molecule has 0 aliphatic carbocycles. The number of hydrogen-bond donors (Lipinski definition) is 1. The molecule has 0 radical (unpaired) electrons. The molecule has 1 aromatic rings. The minimum atomic E-state index is 0.324. The van der Waals surface area contributed by atoms with Gasteiger partial charge in [0.1, 0.15) is 0 Å². The number of nitrogens with one attached hydrogen (secondary N) is 1. The first-order chi connectivity index (χ1) is 7.43. The summed E-state index contributed by atoms with van der Waals surface area (Å²) >= 11 is 0. The van der Waals surface area contributed by atoms with Crippen molar-refractivity contribution in [2.45, 2.75) is 27.7 Å². The Morgan fingerprint density at radius 3 is 2.69 bits per heavy atom. The summed E-state index contributed by atoms with van der Waals surface area (Å²) in [5.41, 5.74) is 1.38. The number of methoxy groups -OCH3 is 1. The van der Waals surface area contributed by atoms with Gasteiger partial charge >= 0.3 is 0 Å². The number of rotatable bonds is 4. The highest BCUT2D eigenvalue weighted by atomic mass is 16.5. The van der Waals surface area contributed by atoms with Gasteiger partial charge in [0.25, 0.3) is 0 Å². The third kappa shape index (κ3) is 3.72. The largest absolute Gasteiger partial charge is 0.481 e. The molecule has 1 unspecified atom stereocenters. The summed E-state index contributed by atoms with van der Waals surface area (Å²) < 4.78 is 5.08. The van der Waals surface area contributed by atoms with Crippen molar-refractivity contribution in [1.82, 2.24) is 4.98 Å². The molecule has 16 heavy (non-hydrogen) atoms. The van der Waals surface area contributed by atoms with E-state index in [1.807, 2.05) is 12.1 Å². The van der Waals surface area contributed by atoms with E-state index < -0.39 is 0 Å². The summed E-state index contributed by atoms with van der Waals surface area (Å²) in [6.45, 7) is 9.98. The number of hydrogen-bond acceptors (Lipinski definition) is 3. The molecule has 0 aliphatic rings. The van der Waals surface area contributed by atoms with Gasteiger partial charge in [-0.1, -0.05) is 27.7 Å². The maximum Gasteiger partial charge on any atom is 0.214 e. The van der Waals surface area contributed by atoms with Crippen molar-refractivity contribution in [2.75, 3.05) is 19.0 Å². The molecule has 0 spiro atoms. The standard InChI is InChI=1S/C13H22N2O/c1-10(13(2,3)4)9-15-11-6-7-14-12(8-11)16-5/h6-8,10H,9H2,1-5H3,(H,14,15). The fourth-order valence-corrected chi connectivity index (χ4v) is 1.21. The summed E-state index contributed by atoms with van der Waals surface area (Å²) in [6, 6.07) is 3.87. The van der Waals surface area contributed by atoms with Crippen LogP contribution in [0.3, 0.4) is 0 Å². The molecule has 0 aliphatic heterocycles. The van der Waals surface area contributed by atoms with Crippen LogP contribution in [-0.2, 0) is 0 Å². The van der Waals surface area contributed by atoms with Crippen molar-refractivity contribution < 1.29 is 4.74 Å². The van der Waals surface area contributed by atoms with Gasteiger partial charge in [-0.05, 0) is 17.4 Å². The van der Waals surface area contributed by atoms with Crippen LogP contribution in [0.15, 0.2) is 18.3 Å². The second-order valence-corrected chi connectivity index (χ2v) is 5.23. The van der Waals surface area contributed by atoms with Crippen LogP contribution in [0.25, 0.3) is 0 Å². The van der Waals surface area contributed by atoms with E-state index >= 15 is 0 Å². The van der Waals surface area contributed by atoms with E-state index in [0.717, 1.165) is 12.2 Å². The number of pyridine rings is 1. The van der Waals surface area contributed by atoms with E-state index in [4.69, 9.17) is 4.74 Å². The zero-order chi connectivity index (χ0) is 12.2. The summed E-state index contributed by atoms with van der Waals surface area (Å²) in [5, 5.41) is 3.41. The highest BCUT2D eigenvalue weighted by Crippen LogP contribution is 2.25. The van der Waals surface area contributed by atoms with Gasteiger partial charge in [-0.2, -0.15) is 0 Å². The van der Waals surface area contributed by atoms with Crippen molar-refractivity contribution in [2.24, 2.45) is 11.3 Å². The lowest BCUT2D eigenvalue weighted by Gasteiger charge is -2.27. The Morgan fingerprint density at radius 2 is 2.12 bits per heavy atom. The van der Waals surface area contributed by atoms with Gasteiger partial charge in [0, 0.05) is 24.5 Å². The smallest absolute Gasteiger partial charge is 0.214 e. The molecule has 0 aromatic carbocycles. The predicted molar refractivity (Wildman–Crippen MR) is 67.9 cm³/mol. The molecule has 0 fully saturated rings. The quantitative estimate of drug-likeness (QED) is 0.849. The second kappa shape index (κ2) is 5.19. The van der Waals surface area contributed by atoms with E-state index in [-0.39, 0.29) is 0 Å². The predicted octanol–water partition coefficient (Wildman–Crippen LogP) is 3.18. The number of anilines is 1. The number of ether oxygens (including phenoxy) is 1. The average molecular weight is 222 g/mol. The molecule has 0 saturated carbocycles. The van der Waals surface area contributed by atoms with Crippen LogP contribution in [0.5, 0.6) is 5.88 Å². The lowest BCUT2D eigenvalue weighted by atomic mass is 9.82. The zero-order valence-electron chi connectivity index (χ0n) is 10.9. The molecular weight excluding hydrogens is 200 g/mol. The van der Waals surface area contributed by atoms with Gasteiger partial charge in [-0.15, -0.1) is 0 Å². The molecule has 1 rings (SSSR count). The summed E-state index contributed by atoms with van der Waals surface area (Å²) in [4.78, 5) is 4.07. The number of nitrogens with zero attached hydrogens (tertiary/aromatic N) is 1. The van der Waals surface area contributed by atoms with Crippen LogP contribution < -0.4 is 10.1 Å². The SMILES string of the molecule is COc1cc(NCC(C)C(C)(C)C)ccn1. The molecule has 90 valence electrons. The van der Waals surface area contributed by atoms with Gasteiger partial charge in [0.15, 0.2) is 0 Å². The molecule has 0 bridgehead atoms. The van der Waals surface area contributed by atoms with Gasteiger partial charge in [0.2, 0.25) is 5.88 Å². The topological polar surface area (TPSA) is 34.1 Å². The Balaban J connectivity index is 2.54. The molecule has 3 nitrogen and oxygen atoms in total. The lowest BCUT2D eigenvalue weighted by molar-refractivity contribution is 0.274. The van der Waals surface area contributed by atoms with Crippen molar-refractivity contribution in [3.8, 4) is 5.88 Å². The van der Waals surface area contributed by atoms with E-state index in [0.29, 0.717) is 17.2 Å². The van der Waals surface area contributed by atoms with Crippen LogP contribution in [0.1, 0.15) is 27.7 Å². The van der Waals surface area contributed by atoms with E-state index in [1.165, 1.54) is 0 Å². The Kier molecular flexibility index (Phi) is 4.16. The third-order valence-electron chi connectivity index (χ3n) is 3.03. The first-order valence-electron chi connectivity index (χ1n) is 5.67. The molecule has 1 aromatic heterocycles. The molecule has 0 amide bonds. The number of aromatic nitrogens is 1. The first-order valence-corrected chi connectivity index (χ1v) is 5.67. The minimum Gasteiger partial charge on any atom is -0.481 e. The van der Waals surface area contributed by atoms with Crippen molar-refractivity contribution in [3.05, 3.63) is 18.3 Å². The van der Waals surface area contributed by atoms with Gasteiger partial charge < -0.3 is 10.1 Å². The van der Waals surface area contributed by atoms with E-state index in [2.05, 4.69) is 38.0 Å². The van der Waals surface area contributed by atoms with Crippen LogP contribution in [0.2, 0.25) is 0 Å². The Morgan fingerprint density at radius 1 is 1.44 bits per heavy atom. The molecular formula is C13H22N2O. The van der Waals surface area contributed by atoms with Crippen LogP contribution in [-0.4, -0.2) is 18.6 Å². The summed E-state index contributed by atoms with van der Waals surface area (Å²) in [5.74, 6) is 1.25. The normalized spacial score (nSPS) is 13.3. The highest BCUT2D eigenvalue weighted by Gasteiger charge is 2.19. The minimum absolute atomic E-state index is 0.324. The maximum atomic E-state index is 5.08. The molecule has 1 atom stereocenters. The van der Waals surface area contributed by atoms with E-state index in [9.17, 15) is 0 Å². The summed E-state index contributed by atoms with van der Waals surface area (Å²) in [6.07, 6.45) is 1.75. The fourth-order valence-electron chi connectivity index (χ4n) is 1.21. The zero-order valence-corrected chi connectivity index (χ0v) is 10.9. The third-order valence-corrected chi connectivity index (χ3v) is 3.03. The fraction of sp³-hybridized carbons (Fsp3) is 0.615. The van der Waals surface area contributed by atoms with Gasteiger partial charge in [0.05, 0.1) is 7.11 Å². The van der Waals surface area contributed by atoms with Crippen LogP contribution >= 0.6 is 0 Å². The Bertz CT molecular complexity index is 331. The second-order valence-electron chi connectivity index (χ2n) is 5.23. The average Bonchev–Trinajstić information content (AvgIpc) is 2.25. The van der Waals surface area contributed by atoms with Gasteiger partial charge in [-0.3, -0.25) is 0 Å². The molecule has 3 heteroatoms. The Labute approximate surface area is 98.2 Å². The van der Waals surface area contributed by atoms with E-state index in [1.54, 1.807) is 13.3 Å².